The molecule has 2 saturated heterocycles. The summed E-state index contributed by atoms with van der Waals surface area (Å²) >= 11 is 12.8. The van der Waals surface area contributed by atoms with E-state index in [2.05, 4.69) is 4.90 Å². The van der Waals surface area contributed by atoms with Crippen molar-refractivity contribution in [3.8, 4) is 22.4 Å². The summed E-state index contributed by atoms with van der Waals surface area (Å²) in [5, 5.41) is 16.2. The quantitative estimate of drug-likeness (QED) is 0.242. The van der Waals surface area contributed by atoms with Crippen LogP contribution in [0.3, 0.4) is 0 Å². The predicted molar refractivity (Wildman–Crippen MR) is 159 cm³/mol. The molecule has 0 saturated carbocycles. The molecular formula is C28H27Cl2F3N6OS. The SMILES string of the molecule is OCC1CCCN1c1cc(N2CCN(SC(F)(F)F)CC2)n2nc(-c3ccccc3Cl)c(-c3ccc(Cl)cc3)c2n1. The molecule has 1 N–H and O–H groups in total. The van der Waals surface area contributed by atoms with Crippen LogP contribution in [0.5, 0.6) is 0 Å². The van der Waals surface area contributed by atoms with E-state index in [1.54, 1.807) is 22.7 Å². The summed E-state index contributed by atoms with van der Waals surface area (Å²) in [5.74, 6) is 1.41. The number of piperazine rings is 1. The van der Waals surface area contributed by atoms with Gasteiger partial charge in [-0.1, -0.05) is 53.5 Å². The first kappa shape index (κ1) is 28.4. The lowest BCUT2D eigenvalue weighted by atomic mass is 10.0. The van der Waals surface area contributed by atoms with Gasteiger partial charge in [0.05, 0.1) is 23.2 Å². The van der Waals surface area contributed by atoms with Crippen LogP contribution in [0.25, 0.3) is 28.0 Å². The molecule has 2 aliphatic heterocycles. The Morgan fingerprint density at radius 1 is 0.976 bits per heavy atom. The molecule has 6 rings (SSSR count). The Morgan fingerprint density at radius 2 is 1.71 bits per heavy atom. The molecule has 1 atom stereocenters. The summed E-state index contributed by atoms with van der Waals surface area (Å²) in [4.78, 5) is 9.25. The molecule has 2 aromatic heterocycles. The normalized spacial score (nSPS) is 18.5. The predicted octanol–water partition coefficient (Wildman–Crippen LogP) is 6.62. The lowest BCUT2D eigenvalue weighted by Crippen LogP contribution is -2.45. The van der Waals surface area contributed by atoms with Crippen molar-refractivity contribution in [3.05, 3.63) is 64.6 Å². The Kier molecular flexibility index (Phi) is 7.99. The molecule has 2 aromatic carbocycles. The second kappa shape index (κ2) is 11.5. The summed E-state index contributed by atoms with van der Waals surface area (Å²) in [7, 11) is 0. The average Bonchev–Trinajstić information content (AvgIpc) is 3.58. The van der Waals surface area contributed by atoms with Gasteiger partial charge >= 0.3 is 5.51 Å². The van der Waals surface area contributed by atoms with E-state index in [-0.39, 0.29) is 37.7 Å². The summed E-state index contributed by atoms with van der Waals surface area (Å²) in [6.45, 7) is 1.96. The lowest BCUT2D eigenvalue weighted by molar-refractivity contribution is -0.0363. The second-order valence-corrected chi connectivity index (χ2v) is 12.0. The van der Waals surface area contributed by atoms with Crippen LogP contribution in [0, 0.1) is 0 Å². The van der Waals surface area contributed by atoms with E-state index >= 15 is 0 Å². The zero-order valence-electron chi connectivity index (χ0n) is 21.9. The van der Waals surface area contributed by atoms with Crippen LogP contribution in [0.2, 0.25) is 10.0 Å². The number of benzene rings is 2. The highest BCUT2D eigenvalue weighted by atomic mass is 35.5. The number of aliphatic hydroxyl groups excluding tert-OH is 1. The van der Waals surface area contributed by atoms with Crippen molar-refractivity contribution in [1.29, 1.82) is 0 Å². The van der Waals surface area contributed by atoms with Gasteiger partial charge in [0, 0.05) is 61.3 Å². The molecule has 41 heavy (non-hydrogen) atoms. The van der Waals surface area contributed by atoms with Crippen molar-refractivity contribution in [2.75, 3.05) is 49.1 Å². The number of aromatic nitrogens is 3. The molecular weight excluding hydrogens is 596 g/mol. The molecule has 4 aromatic rings. The molecule has 7 nitrogen and oxygen atoms in total. The van der Waals surface area contributed by atoms with Crippen molar-refractivity contribution in [2.24, 2.45) is 0 Å². The highest BCUT2D eigenvalue weighted by Gasteiger charge is 2.35. The largest absolute Gasteiger partial charge is 0.456 e. The average molecular weight is 624 g/mol. The molecule has 0 bridgehead atoms. The van der Waals surface area contributed by atoms with Gasteiger partial charge in [0.2, 0.25) is 0 Å². The number of fused-ring (bicyclic) bond motifs is 1. The van der Waals surface area contributed by atoms with Gasteiger partial charge in [-0.15, -0.1) is 0 Å². The number of halogens is 5. The number of alkyl halides is 3. The van der Waals surface area contributed by atoms with E-state index in [4.69, 9.17) is 33.3 Å². The van der Waals surface area contributed by atoms with Crippen LogP contribution in [0.15, 0.2) is 54.6 Å². The lowest BCUT2D eigenvalue weighted by Gasteiger charge is -2.35. The van der Waals surface area contributed by atoms with Crippen LogP contribution in [0.1, 0.15) is 12.8 Å². The molecule has 216 valence electrons. The maximum absolute atomic E-state index is 13.0. The van der Waals surface area contributed by atoms with E-state index in [0.29, 0.717) is 40.3 Å². The van der Waals surface area contributed by atoms with Crippen molar-refractivity contribution in [2.45, 2.75) is 24.4 Å². The number of aliphatic hydroxyl groups is 1. The van der Waals surface area contributed by atoms with Gasteiger partial charge in [0.25, 0.3) is 0 Å². The number of rotatable bonds is 6. The van der Waals surface area contributed by atoms with Gasteiger partial charge < -0.3 is 14.9 Å². The number of hydrogen-bond donors (Lipinski definition) is 1. The second-order valence-electron chi connectivity index (χ2n) is 10.0. The molecule has 0 aliphatic carbocycles. The third-order valence-electron chi connectivity index (χ3n) is 7.50. The third kappa shape index (κ3) is 5.83. The molecule has 0 radical (unpaired) electrons. The Morgan fingerprint density at radius 3 is 2.39 bits per heavy atom. The van der Waals surface area contributed by atoms with Crippen LogP contribution < -0.4 is 9.80 Å². The highest BCUT2D eigenvalue weighted by Crippen LogP contribution is 2.41. The Balaban J connectivity index is 1.54. The van der Waals surface area contributed by atoms with Gasteiger partial charge in [-0.2, -0.15) is 22.8 Å². The summed E-state index contributed by atoms with van der Waals surface area (Å²) < 4.78 is 42.2. The topological polar surface area (TPSA) is 60.1 Å². The van der Waals surface area contributed by atoms with E-state index in [1.165, 1.54) is 4.31 Å². The number of hydrogen-bond acceptors (Lipinski definition) is 7. The summed E-state index contributed by atoms with van der Waals surface area (Å²) in [6.07, 6.45) is 1.77. The van der Waals surface area contributed by atoms with E-state index in [0.717, 1.165) is 41.9 Å². The zero-order chi connectivity index (χ0) is 28.7. The molecule has 0 spiro atoms. The van der Waals surface area contributed by atoms with E-state index in [1.807, 2.05) is 41.3 Å². The van der Waals surface area contributed by atoms with Gasteiger partial charge in [0.1, 0.15) is 17.3 Å². The monoisotopic (exact) mass is 622 g/mol. The fraction of sp³-hybridized carbons (Fsp3) is 0.357. The molecule has 0 amide bonds. The van der Waals surface area contributed by atoms with Crippen LogP contribution in [-0.4, -0.2) is 74.9 Å². The molecule has 2 aliphatic rings. The minimum Gasteiger partial charge on any atom is -0.394 e. The first-order valence-corrected chi connectivity index (χ1v) is 14.8. The van der Waals surface area contributed by atoms with Gasteiger partial charge in [-0.05, 0) is 36.6 Å². The van der Waals surface area contributed by atoms with Crippen molar-refractivity contribution in [1.82, 2.24) is 18.9 Å². The van der Waals surface area contributed by atoms with Gasteiger partial charge in [-0.3, -0.25) is 0 Å². The smallest absolute Gasteiger partial charge is 0.394 e. The number of anilines is 2. The van der Waals surface area contributed by atoms with Crippen LogP contribution >= 0.6 is 35.1 Å². The fourth-order valence-corrected chi connectivity index (χ4v) is 6.56. The number of nitrogens with zero attached hydrogens (tertiary/aromatic N) is 6. The standard InChI is InChI=1S/C28H27Cl2F3N6OS/c29-19-9-7-18(8-10-19)25-26(21-5-1-2-6-22(21)30)35-39-24(36-12-14-37(15-13-36)41-28(31,32)33)16-23(34-27(25)39)38-11-3-4-20(38)17-40/h1-2,5-10,16,20,40H,3-4,11-15,17H2. The zero-order valence-corrected chi connectivity index (χ0v) is 24.2. The maximum atomic E-state index is 13.0. The molecule has 2 fully saturated rings. The van der Waals surface area contributed by atoms with Crippen molar-refractivity contribution in [3.63, 3.8) is 0 Å². The summed E-state index contributed by atoms with van der Waals surface area (Å²) in [6, 6.07) is 16.8. The maximum Gasteiger partial charge on any atom is 0.456 e. The van der Waals surface area contributed by atoms with E-state index in [9.17, 15) is 18.3 Å². The molecule has 4 heterocycles. The van der Waals surface area contributed by atoms with Crippen LogP contribution in [0.4, 0.5) is 24.8 Å². The third-order valence-corrected chi connectivity index (χ3v) is 8.91. The Hall–Kier alpha value is -2.70. The van der Waals surface area contributed by atoms with Gasteiger partial charge in [0.15, 0.2) is 5.65 Å². The molecule has 13 heteroatoms. The first-order chi connectivity index (χ1) is 19.7. The van der Waals surface area contributed by atoms with Gasteiger partial charge in [-0.25, -0.2) is 9.29 Å². The van der Waals surface area contributed by atoms with Crippen LogP contribution in [-0.2, 0) is 0 Å². The Labute approximate surface area is 249 Å². The minimum atomic E-state index is -4.33. The summed E-state index contributed by atoms with van der Waals surface area (Å²) in [5.41, 5.74) is -0.753. The highest BCUT2D eigenvalue weighted by molar-refractivity contribution is 7.97. The van der Waals surface area contributed by atoms with E-state index < -0.39 is 5.51 Å². The van der Waals surface area contributed by atoms with Crippen molar-refractivity contribution < 1.29 is 18.3 Å². The minimum absolute atomic E-state index is 0.00368. The van der Waals surface area contributed by atoms with Crippen molar-refractivity contribution >= 4 is 52.4 Å². The Bertz CT molecular complexity index is 1540. The fourth-order valence-electron chi connectivity index (χ4n) is 5.57. The first-order valence-electron chi connectivity index (χ1n) is 13.3. The molecule has 1 unspecified atom stereocenters.